The van der Waals surface area contributed by atoms with E-state index in [4.69, 9.17) is 11.6 Å². The first-order valence-corrected chi connectivity index (χ1v) is 7.83. The van der Waals surface area contributed by atoms with E-state index in [-0.39, 0.29) is 0 Å². The van der Waals surface area contributed by atoms with Crippen molar-refractivity contribution >= 4 is 11.6 Å². The van der Waals surface area contributed by atoms with Crippen LogP contribution in [0.2, 0.25) is 5.02 Å². The van der Waals surface area contributed by atoms with Crippen LogP contribution in [0.15, 0.2) is 18.2 Å². The van der Waals surface area contributed by atoms with Crippen molar-refractivity contribution in [2.75, 3.05) is 6.54 Å². The minimum atomic E-state index is 0.421. The molecule has 0 radical (unpaired) electrons. The summed E-state index contributed by atoms with van der Waals surface area (Å²) in [7, 11) is 0. The van der Waals surface area contributed by atoms with Gasteiger partial charge < -0.3 is 5.32 Å². The van der Waals surface area contributed by atoms with Crippen molar-refractivity contribution in [1.82, 2.24) is 5.32 Å². The third-order valence-electron chi connectivity index (χ3n) is 4.72. The molecule has 0 aliphatic heterocycles. The normalized spacial score (nSPS) is 23.5. The zero-order valence-corrected chi connectivity index (χ0v) is 13.3. The maximum absolute atomic E-state index is 6.31. The van der Waals surface area contributed by atoms with Crippen LogP contribution in [-0.2, 0) is 0 Å². The van der Waals surface area contributed by atoms with Gasteiger partial charge >= 0.3 is 0 Å². The van der Waals surface area contributed by atoms with E-state index in [1.54, 1.807) is 0 Å². The predicted octanol–water partition coefficient (Wildman–Crippen LogP) is 5.13. The molecule has 19 heavy (non-hydrogen) atoms. The van der Waals surface area contributed by atoms with E-state index in [1.807, 2.05) is 0 Å². The summed E-state index contributed by atoms with van der Waals surface area (Å²) in [5.41, 5.74) is 2.92. The highest BCUT2D eigenvalue weighted by molar-refractivity contribution is 6.31. The molecule has 0 heterocycles. The second-order valence-corrected chi connectivity index (χ2v) is 6.94. The summed E-state index contributed by atoms with van der Waals surface area (Å²) in [6.45, 7) is 10.1. The minimum absolute atomic E-state index is 0.421. The Morgan fingerprint density at radius 1 is 1.42 bits per heavy atom. The van der Waals surface area contributed by atoms with Crippen molar-refractivity contribution in [2.45, 2.75) is 53.0 Å². The Morgan fingerprint density at radius 2 is 2.16 bits per heavy atom. The Kier molecular flexibility index (Phi) is 4.58. The van der Waals surface area contributed by atoms with Crippen molar-refractivity contribution in [2.24, 2.45) is 11.3 Å². The molecule has 2 rings (SSSR count). The van der Waals surface area contributed by atoms with Gasteiger partial charge in [-0.1, -0.05) is 50.9 Å². The Balaban J connectivity index is 2.31. The van der Waals surface area contributed by atoms with E-state index in [0.717, 1.165) is 17.1 Å². The third-order valence-corrected chi connectivity index (χ3v) is 5.13. The van der Waals surface area contributed by atoms with Gasteiger partial charge in [0.05, 0.1) is 0 Å². The third kappa shape index (κ3) is 3.14. The molecule has 0 spiro atoms. The molecule has 2 heteroatoms. The van der Waals surface area contributed by atoms with Crippen molar-refractivity contribution in [3.63, 3.8) is 0 Å². The number of hydrogen-bond acceptors (Lipinski definition) is 1. The van der Waals surface area contributed by atoms with Crippen molar-refractivity contribution < 1.29 is 0 Å². The second kappa shape index (κ2) is 5.85. The Labute approximate surface area is 122 Å². The van der Waals surface area contributed by atoms with Crippen molar-refractivity contribution in [1.29, 1.82) is 0 Å². The molecule has 1 nitrogen and oxygen atoms in total. The van der Waals surface area contributed by atoms with E-state index >= 15 is 0 Å². The molecule has 0 amide bonds. The summed E-state index contributed by atoms with van der Waals surface area (Å²) in [4.78, 5) is 0. The molecule has 2 atom stereocenters. The molecular formula is C17H26ClN. The molecule has 1 saturated carbocycles. The fourth-order valence-electron chi connectivity index (χ4n) is 3.49. The van der Waals surface area contributed by atoms with Gasteiger partial charge in [-0.05, 0) is 54.8 Å². The lowest BCUT2D eigenvalue weighted by Gasteiger charge is -2.35. The summed E-state index contributed by atoms with van der Waals surface area (Å²) < 4.78 is 0. The van der Waals surface area contributed by atoms with E-state index < -0.39 is 0 Å². The number of rotatable bonds is 4. The van der Waals surface area contributed by atoms with Crippen molar-refractivity contribution in [3.8, 4) is 0 Å². The van der Waals surface area contributed by atoms with Gasteiger partial charge in [0.25, 0.3) is 0 Å². The molecule has 1 aromatic carbocycles. The number of benzene rings is 1. The van der Waals surface area contributed by atoms with Gasteiger partial charge in [-0.2, -0.15) is 0 Å². The number of aryl methyl sites for hydroxylation is 1. The molecule has 1 N–H and O–H groups in total. The van der Waals surface area contributed by atoms with Gasteiger partial charge in [-0.3, -0.25) is 0 Å². The van der Waals surface area contributed by atoms with Crippen LogP contribution in [0.4, 0.5) is 0 Å². The van der Waals surface area contributed by atoms with Gasteiger partial charge in [0.1, 0.15) is 0 Å². The maximum Gasteiger partial charge on any atom is 0.0438 e. The van der Waals surface area contributed by atoms with Gasteiger partial charge in [0, 0.05) is 11.1 Å². The van der Waals surface area contributed by atoms with E-state index in [9.17, 15) is 0 Å². The predicted molar refractivity (Wildman–Crippen MR) is 83.7 cm³/mol. The standard InChI is InChI=1S/C17H26ClN/c1-5-19-16(14-7-6-10-17(14,3)4)13-9-8-12(2)15(18)11-13/h8-9,11,14,16,19H,5-7,10H2,1-4H3. The lowest BCUT2D eigenvalue weighted by atomic mass is 9.75. The second-order valence-electron chi connectivity index (χ2n) is 6.53. The zero-order chi connectivity index (χ0) is 14.0. The average molecular weight is 280 g/mol. The van der Waals surface area contributed by atoms with Crippen LogP contribution in [0.3, 0.4) is 0 Å². The van der Waals surface area contributed by atoms with Crippen LogP contribution in [0.5, 0.6) is 0 Å². The van der Waals surface area contributed by atoms with Crippen LogP contribution < -0.4 is 5.32 Å². The smallest absolute Gasteiger partial charge is 0.0438 e. The van der Waals surface area contributed by atoms with Crippen LogP contribution >= 0.6 is 11.6 Å². The highest BCUT2D eigenvalue weighted by Gasteiger charge is 2.39. The molecule has 0 bridgehead atoms. The van der Waals surface area contributed by atoms with E-state index in [0.29, 0.717) is 17.4 Å². The molecule has 106 valence electrons. The van der Waals surface area contributed by atoms with Crippen LogP contribution in [0, 0.1) is 18.3 Å². The van der Waals surface area contributed by atoms with Gasteiger partial charge in [-0.15, -0.1) is 0 Å². The van der Waals surface area contributed by atoms with E-state index in [2.05, 4.69) is 51.2 Å². The molecule has 0 saturated heterocycles. The summed E-state index contributed by atoms with van der Waals surface area (Å²) in [6.07, 6.45) is 3.99. The van der Waals surface area contributed by atoms with Crippen LogP contribution in [0.1, 0.15) is 57.2 Å². The van der Waals surface area contributed by atoms with Crippen molar-refractivity contribution in [3.05, 3.63) is 34.3 Å². The Morgan fingerprint density at radius 3 is 2.68 bits per heavy atom. The lowest BCUT2D eigenvalue weighted by molar-refractivity contribution is 0.199. The molecule has 1 aliphatic carbocycles. The first kappa shape index (κ1) is 14.9. The Hall–Kier alpha value is -0.530. The number of nitrogens with one attached hydrogen (secondary N) is 1. The first-order chi connectivity index (χ1) is 8.95. The molecule has 1 aliphatic rings. The molecule has 0 aromatic heterocycles. The SMILES string of the molecule is CCNC(c1ccc(C)c(Cl)c1)C1CCCC1(C)C. The summed E-state index contributed by atoms with van der Waals surface area (Å²) >= 11 is 6.31. The summed E-state index contributed by atoms with van der Waals surface area (Å²) in [5, 5.41) is 4.57. The van der Waals surface area contributed by atoms with Crippen LogP contribution in [0.25, 0.3) is 0 Å². The number of halogens is 1. The Bertz CT molecular complexity index is 439. The van der Waals surface area contributed by atoms with Crippen LogP contribution in [-0.4, -0.2) is 6.54 Å². The quantitative estimate of drug-likeness (QED) is 0.806. The zero-order valence-electron chi connectivity index (χ0n) is 12.6. The monoisotopic (exact) mass is 279 g/mol. The lowest BCUT2D eigenvalue weighted by Crippen LogP contribution is -2.33. The van der Waals surface area contributed by atoms with Gasteiger partial charge in [-0.25, -0.2) is 0 Å². The maximum atomic E-state index is 6.31. The topological polar surface area (TPSA) is 12.0 Å². The largest absolute Gasteiger partial charge is 0.310 e. The van der Waals surface area contributed by atoms with Gasteiger partial charge in [0.2, 0.25) is 0 Å². The fourth-order valence-corrected chi connectivity index (χ4v) is 3.68. The minimum Gasteiger partial charge on any atom is -0.310 e. The summed E-state index contributed by atoms with van der Waals surface area (Å²) in [6, 6.07) is 6.96. The molecule has 2 unspecified atom stereocenters. The fraction of sp³-hybridized carbons (Fsp3) is 0.647. The average Bonchev–Trinajstić information content (AvgIpc) is 2.70. The molecule has 1 aromatic rings. The highest BCUT2D eigenvalue weighted by Crippen LogP contribution is 2.48. The molecule has 1 fully saturated rings. The van der Waals surface area contributed by atoms with Gasteiger partial charge in [0.15, 0.2) is 0 Å². The summed E-state index contributed by atoms with van der Waals surface area (Å²) in [5.74, 6) is 0.700. The first-order valence-electron chi connectivity index (χ1n) is 7.45. The highest BCUT2D eigenvalue weighted by atomic mass is 35.5. The van der Waals surface area contributed by atoms with E-state index in [1.165, 1.54) is 24.8 Å². The molecular weight excluding hydrogens is 254 g/mol. The number of hydrogen-bond donors (Lipinski definition) is 1.